The molecule has 1 rings (SSSR count). The van der Waals surface area contributed by atoms with Gasteiger partial charge in [0.2, 0.25) is 0 Å². The van der Waals surface area contributed by atoms with Crippen LogP contribution in [-0.4, -0.2) is 12.9 Å². The number of halogens is 2. The Bertz CT molecular complexity index is 350. The van der Waals surface area contributed by atoms with E-state index in [9.17, 15) is 9.18 Å². The zero-order valence-corrected chi connectivity index (χ0v) is 9.38. The predicted octanol–water partition coefficient (Wildman–Crippen LogP) is 2.64. The number of ether oxygens (including phenoxy) is 1. The van der Waals surface area contributed by atoms with E-state index in [2.05, 4.69) is 0 Å². The van der Waals surface area contributed by atoms with Crippen molar-refractivity contribution in [2.24, 2.45) is 0 Å². The van der Waals surface area contributed by atoms with Gasteiger partial charge in [-0.2, -0.15) is 0 Å². The van der Waals surface area contributed by atoms with Gasteiger partial charge in [-0.15, -0.1) is 0 Å². The number of Topliss-reactive ketones (excluding diaryl/α,β-unsaturated/α-hetero) is 1. The van der Waals surface area contributed by atoms with E-state index in [0.29, 0.717) is 14.9 Å². The third kappa shape index (κ3) is 2.18. The number of carbonyl (C=O) groups is 1. The molecule has 0 spiro atoms. The van der Waals surface area contributed by atoms with Crippen molar-refractivity contribution in [1.29, 1.82) is 0 Å². The van der Waals surface area contributed by atoms with E-state index in [0.717, 1.165) is 0 Å². The van der Waals surface area contributed by atoms with Gasteiger partial charge in [0.1, 0.15) is 11.6 Å². The van der Waals surface area contributed by atoms with E-state index in [1.807, 2.05) is 0 Å². The van der Waals surface area contributed by atoms with E-state index in [1.54, 1.807) is 22.6 Å². The lowest BCUT2D eigenvalue weighted by Gasteiger charge is -2.05. The van der Waals surface area contributed by atoms with E-state index in [1.165, 1.54) is 26.2 Å². The number of hydrogen-bond acceptors (Lipinski definition) is 2. The summed E-state index contributed by atoms with van der Waals surface area (Å²) in [6, 6.07) is 2.79. The summed E-state index contributed by atoms with van der Waals surface area (Å²) in [7, 11) is 1.44. The first-order chi connectivity index (χ1) is 6.06. The third-order valence-corrected chi connectivity index (χ3v) is 2.71. The lowest BCUT2D eigenvalue weighted by molar-refractivity contribution is 0.101. The van der Waals surface area contributed by atoms with Crippen molar-refractivity contribution in [3.8, 4) is 5.75 Å². The number of methoxy groups -OCH3 is 1. The van der Waals surface area contributed by atoms with Crippen LogP contribution in [0.5, 0.6) is 5.75 Å². The summed E-state index contributed by atoms with van der Waals surface area (Å²) in [5.74, 6) is -0.226. The van der Waals surface area contributed by atoms with Crippen LogP contribution in [0.3, 0.4) is 0 Å². The van der Waals surface area contributed by atoms with E-state index >= 15 is 0 Å². The molecule has 1 aromatic carbocycles. The Morgan fingerprint density at radius 3 is 2.62 bits per heavy atom. The Balaban J connectivity index is 3.33. The molecule has 0 bridgehead atoms. The number of rotatable bonds is 2. The molecule has 0 heterocycles. The van der Waals surface area contributed by atoms with Crippen LogP contribution in [0.25, 0.3) is 0 Å². The van der Waals surface area contributed by atoms with Crippen LogP contribution in [0.15, 0.2) is 12.1 Å². The fourth-order valence-corrected chi connectivity index (χ4v) is 1.63. The molecule has 0 atom stereocenters. The minimum absolute atomic E-state index is 0.165. The van der Waals surface area contributed by atoms with E-state index < -0.39 is 5.82 Å². The Labute approximate surface area is 89.2 Å². The fourth-order valence-electron chi connectivity index (χ4n) is 0.938. The molecule has 1 aromatic rings. The monoisotopic (exact) mass is 294 g/mol. The Morgan fingerprint density at radius 1 is 1.54 bits per heavy atom. The molecule has 0 amide bonds. The second-order valence-corrected chi connectivity index (χ2v) is 3.61. The molecule has 13 heavy (non-hydrogen) atoms. The summed E-state index contributed by atoms with van der Waals surface area (Å²) in [6.07, 6.45) is 0. The molecule has 4 heteroatoms. The molecule has 0 fully saturated rings. The van der Waals surface area contributed by atoms with Crippen molar-refractivity contribution < 1.29 is 13.9 Å². The number of carbonyl (C=O) groups excluding carboxylic acids is 1. The molecule has 0 unspecified atom stereocenters. The van der Waals surface area contributed by atoms with Gasteiger partial charge in [-0.05, 0) is 35.6 Å². The van der Waals surface area contributed by atoms with Crippen LogP contribution < -0.4 is 4.74 Å². The molecule has 0 radical (unpaired) electrons. The molecule has 0 aliphatic carbocycles. The normalized spacial score (nSPS) is 9.85. The first-order valence-corrected chi connectivity index (χ1v) is 4.68. The van der Waals surface area contributed by atoms with Gasteiger partial charge >= 0.3 is 0 Å². The number of hydrogen-bond donors (Lipinski definition) is 0. The first-order valence-electron chi connectivity index (χ1n) is 3.60. The second-order valence-electron chi connectivity index (χ2n) is 2.53. The lowest BCUT2D eigenvalue weighted by atomic mass is 10.1. The highest BCUT2D eigenvalue weighted by atomic mass is 127. The predicted molar refractivity (Wildman–Crippen MR) is 55.7 cm³/mol. The summed E-state index contributed by atoms with van der Waals surface area (Å²) < 4.78 is 18.3. The van der Waals surface area contributed by atoms with Crippen LogP contribution in [0, 0.1) is 9.39 Å². The standard InChI is InChI=1S/C9H8FIO2/c1-5(12)7-3-6(13-2)4-8(10)9(7)11/h3-4H,1-2H3. The molecule has 2 nitrogen and oxygen atoms in total. The minimum Gasteiger partial charge on any atom is -0.497 e. The summed E-state index contributed by atoms with van der Waals surface area (Å²) in [5.41, 5.74) is 0.359. The zero-order chi connectivity index (χ0) is 10.0. The first kappa shape index (κ1) is 10.4. The molecule has 0 N–H and O–H groups in total. The number of benzene rings is 1. The third-order valence-electron chi connectivity index (χ3n) is 1.62. The highest BCUT2D eigenvalue weighted by Crippen LogP contribution is 2.23. The summed E-state index contributed by atoms with van der Waals surface area (Å²) in [5, 5.41) is 0. The maximum Gasteiger partial charge on any atom is 0.161 e. The van der Waals surface area contributed by atoms with Crippen molar-refractivity contribution >= 4 is 28.4 Å². The highest BCUT2D eigenvalue weighted by molar-refractivity contribution is 14.1. The van der Waals surface area contributed by atoms with Gasteiger partial charge in [-0.3, -0.25) is 4.79 Å². The highest BCUT2D eigenvalue weighted by Gasteiger charge is 2.11. The maximum absolute atomic E-state index is 13.1. The molecule has 0 aromatic heterocycles. The molecular weight excluding hydrogens is 286 g/mol. The summed E-state index contributed by atoms with van der Waals surface area (Å²) >= 11 is 1.80. The maximum atomic E-state index is 13.1. The van der Waals surface area contributed by atoms with Gasteiger partial charge in [0.15, 0.2) is 5.78 Å². The largest absolute Gasteiger partial charge is 0.497 e. The zero-order valence-electron chi connectivity index (χ0n) is 7.23. The van der Waals surface area contributed by atoms with Crippen LogP contribution in [0.4, 0.5) is 4.39 Å². The van der Waals surface area contributed by atoms with Crippen LogP contribution in [0.2, 0.25) is 0 Å². The molecule has 0 aliphatic rings. The van der Waals surface area contributed by atoms with Gasteiger partial charge in [0, 0.05) is 11.6 Å². The average Bonchev–Trinajstić information content (AvgIpc) is 2.09. The Kier molecular flexibility index (Phi) is 3.24. The van der Waals surface area contributed by atoms with Crippen molar-refractivity contribution in [3.05, 3.63) is 27.1 Å². The minimum atomic E-state index is -0.426. The van der Waals surface area contributed by atoms with E-state index in [-0.39, 0.29) is 5.78 Å². The van der Waals surface area contributed by atoms with Gasteiger partial charge in [0.25, 0.3) is 0 Å². The van der Waals surface area contributed by atoms with Gasteiger partial charge in [-0.25, -0.2) is 4.39 Å². The molecule has 0 saturated carbocycles. The molecule has 70 valence electrons. The lowest BCUT2D eigenvalue weighted by Crippen LogP contribution is -2.00. The SMILES string of the molecule is COc1cc(F)c(I)c(C(C)=O)c1. The fraction of sp³-hybridized carbons (Fsp3) is 0.222. The quantitative estimate of drug-likeness (QED) is 0.619. The van der Waals surface area contributed by atoms with Crippen molar-refractivity contribution in [2.75, 3.05) is 7.11 Å². The van der Waals surface area contributed by atoms with Crippen LogP contribution >= 0.6 is 22.6 Å². The van der Waals surface area contributed by atoms with Gasteiger partial charge in [-0.1, -0.05) is 0 Å². The number of ketones is 1. The average molecular weight is 294 g/mol. The molecule has 0 saturated heterocycles. The van der Waals surface area contributed by atoms with Gasteiger partial charge < -0.3 is 4.74 Å². The van der Waals surface area contributed by atoms with E-state index in [4.69, 9.17) is 4.74 Å². The van der Waals surface area contributed by atoms with Crippen molar-refractivity contribution in [1.82, 2.24) is 0 Å². The second kappa shape index (κ2) is 4.04. The van der Waals surface area contributed by atoms with Crippen molar-refractivity contribution in [2.45, 2.75) is 6.92 Å². The van der Waals surface area contributed by atoms with Gasteiger partial charge in [0.05, 0.1) is 10.7 Å². The Morgan fingerprint density at radius 2 is 2.15 bits per heavy atom. The van der Waals surface area contributed by atoms with Crippen LogP contribution in [-0.2, 0) is 0 Å². The molecular formula is C9H8FIO2. The Hall–Kier alpha value is -0.650. The van der Waals surface area contributed by atoms with Crippen molar-refractivity contribution in [3.63, 3.8) is 0 Å². The molecule has 0 aliphatic heterocycles. The van der Waals surface area contributed by atoms with Crippen LogP contribution in [0.1, 0.15) is 17.3 Å². The topological polar surface area (TPSA) is 26.3 Å². The smallest absolute Gasteiger partial charge is 0.161 e. The summed E-state index contributed by atoms with van der Waals surface area (Å²) in [4.78, 5) is 11.1. The summed E-state index contributed by atoms with van der Waals surface area (Å²) in [6.45, 7) is 1.40.